The topological polar surface area (TPSA) is 29.1 Å². The van der Waals surface area contributed by atoms with Crippen molar-refractivity contribution in [3.05, 3.63) is 12.2 Å². The van der Waals surface area contributed by atoms with Crippen molar-refractivity contribution in [1.29, 1.82) is 0 Å². The van der Waals surface area contributed by atoms with Gasteiger partial charge in [-0.15, -0.1) is 6.42 Å². The maximum atomic E-state index is 10.9. The van der Waals surface area contributed by atoms with E-state index in [1.165, 1.54) is 6.08 Å². The van der Waals surface area contributed by atoms with Gasteiger partial charge in [-0.25, -0.2) is 0 Å². The first-order valence-corrected chi connectivity index (χ1v) is 3.44. The van der Waals surface area contributed by atoms with Crippen LogP contribution in [-0.4, -0.2) is 11.4 Å². The van der Waals surface area contributed by atoms with Gasteiger partial charge in [-0.1, -0.05) is 12.0 Å². The summed E-state index contributed by atoms with van der Waals surface area (Å²) in [6, 6.07) is 0. The fraction of sp³-hybridized carbons (Fsp3) is 0.444. The van der Waals surface area contributed by atoms with E-state index >= 15 is 0 Å². The Kier molecular flexibility index (Phi) is 3.39. The molecule has 0 rings (SSSR count). The van der Waals surface area contributed by atoms with Crippen LogP contribution < -0.4 is 5.32 Å². The second-order valence-corrected chi connectivity index (χ2v) is 2.76. The van der Waals surface area contributed by atoms with E-state index in [2.05, 4.69) is 11.2 Å². The van der Waals surface area contributed by atoms with Crippen LogP contribution in [0.4, 0.5) is 0 Å². The molecule has 0 aliphatic heterocycles. The molecular weight excluding hydrogens is 138 g/mol. The minimum atomic E-state index is -0.559. The summed E-state index contributed by atoms with van der Waals surface area (Å²) in [7, 11) is 0. The zero-order chi connectivity index (χ0) is 8.91. The third-order valence-electron chi connectivity index (χ3n) is 1.11. The predicted octanol–water partition coefficient (Wildman–Crippen LogP) is 1.09. The van der Waals surface area contributed by atoms with E-state index in [-0.39, 0.29) is 5.91 Å². The minimum Gasteiger partial charge on any atom is -0.337 e. The van der Waals surface area contributed by atoms with Gasteiger partial charge in [-0.05, 0) is 26.8 Å². The summed E-state index contributed by atoms with van der Waals surface area (Å²) in [5.74, 6) is 2.31. The molecule has 0 aromatic rings. The van der Waals surface area contributed by atoms with Gasteiger partial charge in [-0.3, -0.25) is 4.79 Å². The molecule has 60 valence electrons. The molecule has 0 aliphatic rings. The molecule has 2 heteroatoms. The molecule has 0 heterocycles. The molecule has 0 saturated carbocycles. The Morgan fingerprint density at radius 3 is 2.55 bits per heavy atom. The molecule has 0 aromatic carbocycles. The summed E-state index contributed by atoms with van der Waals surface area (Å²) in [4.78, 5) is 10.9. The van der Waals surface area contributed by atoms with Gasteiger partial charge in [0.15, 0.2) is 0 Å². The van der Waals surface area contributed by atoms with E-state index in [1.807, 2.05) is 0 Å². The number of carbonyl (C=O) groups excluding carboxylic acids is 1. The van der Waals surface area contributed by atoms with Gasteiger partial charge in [0.2, 0.25) is 5.91 Å². The number of carbonyl (C=O) groups is 1. The van der Waals surface area contributed by atoms with E-state index in [4.69, 9.17) is 6.42 Å². The highest BCUT2D eigenvalue weighted by Crippen LogP contribution is 1.97. The predicted molar refractivity (Wildman–Crippen MR) is 45.9 cm³/mol. The van der Waals surface area contributed by atoms with Crippen LogP contribution in [0, 0.1) is 12.3 Å². The Morgan fingerprint density at radius 2 is 2.18 bits per heavy atom. The van der Waals surface area contributed by atoms with Crippen LogP contribution in [0.1, 0.15) is 20.8 Å². The molecule has 0 unspecified atom stereocenters. The van der Waals surface area contributed by atoms with Crippen molar-refractivity contribution in [2.24, 2.45) is 0 Å². The van der Waals surface area contributed by atoms with Crippen LogP contribution in [-0.2, 0) is 4.79 Å². The van der Waals surface area contributed by atoms with Gasteiger partial charge in [-0.2, -0.15) is 0 Å². The van der Waals surface area contributed by atoms with Crippen molar-refractivity contribution in [2.75, 3.05) is 0 Å². The number of amides is 1. The van der Waals surface area contributed by atoms with Gasteiger partial charge in [0, 0.05) is 0 Å². The average Bonchev–Trinajstić information content (AvgIpc) is 1.87. The monoisotopic (exact) mass is 151 g/mol. The molecule has 0 bridgehead atoms. The first-order chi connectivity index (χ1) is 5.02. The Bertz CT molecular complexity index is 208. The van der Waals surface area contributed by atoms with Gasteiger partial charge >= 0.3 is 0 Å². The standard InChI is InChI=1S/C9H13NO/c1-5-7-8(11)10-9(3,4)6-2/h2,5,7H,1,3-4H3,(H,10,11)/b7-5+. The number of hydrogen-bond acceptors (Lipinski definition) is 1. The number of hydrogen-bond donors (Lipinski definition) is 1. The third-order valence-corrected chi connectivity index (χ3v) is 1.11. The van der Waals surface area contributed by atoms with Crippen molar-refractivity contribution in [1.82, 2.24) is 5.32 Å². The first kappa shape index (κ1) is 9.77. The molecule has 0 radical (unpaired) electrons. The van der Waals surface area contributed by atoms with Crippen LogP contribution in [0.25, 0.3) is 0 Å². The van der Waals surface area contributed by atoms with E-state index < -0.39 is 5.54 Å². The minimum absolute atomic E-state index is 0.157. The van der Waals surface area contributed by atoms with E-state index in [0.29, 0.717) is 0 Å². The molecule has 0 fully saturated rings. The molecule has 11 heavy (non-hydrogen) atoms. The highest BCUT2D eigenvalue weighted by Gasteiger charge is 2.14. The molecule has 2 nitrogen and oxygen atoms in total. The van der Waals surface area contributed by atoms with Crippen LogP contribution in [0.3, 0.4) is 0 Å². The van der Waals surface area contributed by atoms with E-state index in [1.54, 1.807) is 26.8 Å². The second-order valence-electron chi connectivity index (χ2n) is 2.76. The Hall–Kier alpha value is -1.23. The Morgan fingerprint density at radius 1 is 1.64 bits per heavy atom. The lowest BCUT2D eigenvalue weighted by Crippen LogP contribution is -2.41. The molecule has 1 amide bonds. The number of allylic oxidation sites excluding steroid dienone is 1. The smallest absolute Gasteiger partial charge is 0.244 e. The highest BCUT2D eigenvalue weighted by atomic mass is 16.1. The van der Waals surface area contributed by atoms with Crippen LogP contribution >= 0.6 is 0 Å². The highest BCUT2D eigenvalue weighted by molar-refractivity contribution is 5.88. The lowest BCUT2D eigenvalue weighted by molar-refractivity contribution is -0.117. The van der Waals surface area contributed by atoms with Crippen LogP contribution in [0.15, 0.2) is 12.2 Å². The normalized spacial score (nSPS) is 11.1. The van der Waals surface area contributed by atoms with Gasteiger partial charge in [0.05, 0.1) is 5.54 Å². The lowest BCUT2D eigenvalue weighted by Gasteiger charge is -2.17. The van der Waals surface area contributed by atoms with Gasteiger partial charge in [0.25, 0.3) is 0 Å². The molecule has 0 aromatic heterocycles. The lowest BCUT2D eigenvalue weighted by atomic mass is 10.1. The number of rotatable bonds is 2. The zero-order valence-electron chi connectivity index (χ0n) is 7.14. The molecule has 0 spiro atoms. The van der Waals surface area contributed by atoms with Crippen molar-refractivity contribution in [2.45, 2.75) is 26.3 Å². The fourth-order valence-electron chi connectivity index (χ4n) is 0.537. The Labute approximate surface area is 67.7 Å². The Balaban J connectivity index is 4.07. The summed E-state index contributed by atoms with van der Waals surface area (Å²) in [5.41, 5.74) is -0.559. The van der Waals surface area contributed by atoms with Crippen LogP contribution in [0.5, 0.6) is 0 Å². The molecule has 0 saturated heterocycles. The summed E-state index contributed by atoms with van der Waals surface area (Å²) < 4.78 is 0. The SMILES string of the molecule is C#CC(C)(C)NC(=O)/C=C/C. The van der Waals surface area contributed by atoms with Crippen molar-refractivity contribution < 1.29 is 4.79 Å². The number of terminal acetylenes is 1. The van der Waals surface area contributed by atoms with Gasteiger partial charge in [0.1, 0.15) is 0 Å². The first-order valence-electron chi connectivity index (χ1n) is 3.44. The van der Waals surface area contributed by atoms with E-state index in [9.17, 15) is 4.79 Å². The average molecular weight is 151 g/mol. The molecular formula is C9H13NO. The quantitative estimate of drug-likeness (QED) is 0.464. The third kappa shape index (κ3) is 4.21. The second kappa shape index (κ2) is 3.82. The molecule has 0 aliphatic carbocycles. The largest absolute Gasteiger partial charge is 0.337 e. The number of nitrogens with one attached hydrogen (secondary N) is 1. The molecule has 0 atom stereocenters. The zero-order valence-corrected chi connectivity index (χ0v) is 7.14. The van der Waals surface area contributed by atoms with Crippen molar-refractivity contribution in [3.63, 3.8) is 0 Å². The van der Waals surface area contributed by atoms with Crippen LogP contribution in [0.2, 0.25) is 0 Å². The van der Waals surface area contributed by atoms with E-state index in [0.717, 1.165) is 0 Å². The summed E-state index contributed by atoms with van der Waals surface area (Å²) >= 11 is 0. The maximum Gasteiger partial charge on any atom is 0.244 e. The fourth-order valence-corrected chi connectivity index (χ4v) is 0.537. The summed E-state index contributed by atoms with van der Waals surface area (Å²) in [6.07, 6.45) is 8.27. The van der Waals surface area contributed by atoms with Crippen molar-refractivity contribution >= 4 is 5.91 Å². The summed E-state index contributed by atoms with van der Waals surface area (Å²) in [6.45, 7) is 5.32. The van der Waals surface area contributed by atoms with Gasteiger partial charge < -0.3 is 5.32 Å². The maximum absolute atomic E-state index is 10.9. The summed E-state index contributed by atoms with van der Waals surface area (Å²) in [5, 5.41) is 2.64. The van der Waals surface area contributed by atoms with Crippen molar-refractivity contribution in [3.8, 4) is 12.3 Å². The molecule has 1 N–H and O–H groups in total.